The number of aromatic nitrogens is 2. The van der Waals surface area contributed by atoms with Crippen LogP contribution in [0.5, 0.6) is 0 Å². The Morgan fingerprint density at radius 2 is 1.93 bits per heavy atom. The number of anilines is 1. The lowest BCUT2D eigenvalue weighted by atomic mass is 10.0. The molecule has 0 spiro atoms. The van der Waals surface area contributed by atoms with E-state index in [4.69, 9.17) is 0 Å². The van der Waals surface area contributed by atoms with Crippen LogP contribution in [-0.4, -0.2) is 64.0 Å². The monoisotopic (exact) mass is 411 g/mol. The number of amides is 1. The molecule has 1 amide bonds. The number of likely N-dealkylation sites (tertiary alicyclic amines) is 1. The highest BCUT2D eigenvalue weighted by Crippen LogP contribution is 2.22. The molecule has 0 bridgehead atoms. The average Bonchev–Trinajstić information content (AvgIpc) is 3.26. The van der Waals surface area contributed by atoms with E-state index in [9.17, 15) is 9.90 Å². The molecule has 162 valence electrons. The molecule has 7 heteroatoms. The first kappa shape index (κ1) is 20.9. The summed E-state index contributed by atoms with van der Waals surface area (Å²) in [4.78, 5) is 16.8. The van der Waals surface area contributed by atoms with E-state index in [2.05, 4.69) is 40.6 Å². The molecule has 3 heterocycles. The lowest BCUT2D eigenvalue weighted by Gasteiger charge is -2.34. The molecular formula is C23H33N5O2. The van der Waals surface area contributed by atoms with Crippen molar-refractivity contribution in [2.75, 3.05) is 31.1 Å². The van der Waals surface area contributed by atoms with E-state index in [1.54, 1.807) is 4.90 Å². The Bertz CT molecular complexity index is 826. The summed E-state index contributed by atoms with van der Waals surface area (Å²) in [6, 6.07) is 8.49. The molecule has 2 aliphatic heterocycles. The number of hydrogen-bond donors (Lipinski definition) is 2. The third-order valence-corrected chi connectivity index (χ3v) is 6.26. The van der Waals surface area contributed by atoms with Crippen LogP contribution in [0.2, 0.25) is 0 Å². The van der Waals surface area contributed by atoms with Crippen LogP contribution in [0.4, 0.5) is 5.69 Å². The van der Waals surface area contributed by atoms with Gasteiger partial charge < -0.3 is 20.2 Å². The summed E-state index contributed by atoms with van der Waals surface area (Å²) in [5, 5.41) is 17.8. The van der Waals surface area contributed by atoms with Crippen LogP contribution in [0.3, 0.4) is 0 Å². The van der Waals surface area contributed by atoms with Crippen molar-refractivity contribution in [3.05, 3.63) is 47.8 Å². The third kappa shape index (κ3) is 5.02. The number of β-amino-alcohol motifs (C(OH)–C–C–N with tert-alkyl or cyclic N) is 1. The largest absolute Gasteiger partial charge is 0.391 e. The Morgan fingerprint density at radius 3 is 2.60 bits per heavy atom. The Kier molecular flexibility index (Phi) is 6.69. The first-order valence-corrected chi connectivity index (χ1v) is 11.2. The zero-order chi connectivity index (χ0) is 20.9. The zero-order valence-corrected chi connectivity index (χ0v) is 17.8. The Labute approximate surface area is 178 Å². The first-order valence-electron chi connectivity index (χ1n) is 11.2. The predicted molar refractivity (Wildman–Crippen MR) is 118 cm³/mol. The van der Waals surface area contributed by atoms with Crippen LogP contribution in [0, 0.1) is 0 Å². The van der Waals surface area contributed by atoms with E-state index in [0.29, 0.717) is 18.2 Å². The van der Waals surface area contributed by atoms with E-state index in [-0.39, 0.29) is 12.0 Å². The molecule has 2 aliphatic rings. The van der Waals surface area contributed by atoms with Crippen molar-refractivity contribution < 1.29 is 9.90 Å². The molecule has 1 aromatic carbocycles. The summed E-state index contributed by atoms with van der Waals surface area (Å²) in [7, 11) is 0. The summed E-state index contributed by atoms with van der Waals surface area (Å²) in [5.74, 6) is 0.0228. The van der Waals surface area contributed by atoms with Crippen LogP contribution in [0.15, 0.2) is 36.7 Å². The van der Waals surface area contributed by atoms with Crippen molar-refractivity contribution in [3.63, 3.8) is 0 Å². The second-order valence-corrected chi connectivity index (χ2v) is 8.44. The van der Waals surface area contributed by atoms with E-state index >= 15 is 0 Å². The van der Waals surface area contributed by atoms with Crippen LogP contribution in [0.1, 0.15) is 48.5 Å². The summed E-state index contributed by atoms with van der Waals surface area (Å²) in [5.41, 5.74) is 3.12. The molecule has 2 saturated heterocycles. The van der Waals surface area contributed by atoms with Gasteiger partial charge in [0, 0.05) is 68.3 Å². The quantitative estimate of drug-likeness (QED) is 0.763. The number of nitrogens with zero attached hydrogens (tertiary/aromatic N) is 4. The molecule has 0 aliphatic carbocycles. The van der Waals surface area contributed by atoms with Crippen molar-refractivity contribution in [1.82, 2.24) is 20.0 Å². The fourth-order valence-electron chi connectivity index (χ4n) is 4.41. The van der Waals surface area contributed by atoms with Gasteiger partial charge in [-0.1, -0.05) is 0 Å². The van der Waals surface area contributed by atoms with Crippen LogP contribution < -0.4 is 10.2 Å². The first-order chi connectivity index (χ1) is 14.6. The summed E-state index contributed by atoms with van der Waals surface area (Å²) < 4.78 is 1.96. The van der Waals surface area contributed by atoms with Crippen molar-refractivity contribution in [2.45, 2.75) is 57.8 Å². The predicted octanol–water partition coefficient (Wildman–Crippen LogP) is 2.26. The number of aryl methyl sites for hydroxylation is 1. The molecule has 2 fully saturated rings. The van der Waals surface area contributed by atoms with E-state index < -0.39 is 0 Å². The van der Waals surface area contributed by atoms with Gasteiger partial charge in [-0.25, -0.2) is 0 Å². The molecule has 2 aromatic rings. The normalized spacial score (nSPS) is 20.5. The maximum atomic E-state index is 12.7. The fraction of sp³-hybridized carbons (Fsp3) is 0.565. The van der Waals surface area contributed by atoms with Crippen LogP contribution in [-0.2, 0) is 13.1 Å². The topological polar surface area (TPSA) is 73.6 Å². The van der Waals surface area contributed by atoms with Crippen LogP contribution in [0.25, 0.3) is 0 Å². The van der Waals surface area contributed by atoms with E-state index in [1.165, 1.54) is 11.3 Å². The Balaban J connectivity index is 1.26. The summed E-state index contributed by atoms with van der Waals surface area (Å²) >= 11 is 0. The van der Waals surface area contributed by atoms with Gasteiger partial charge in [-0.15, -0.1) is 0 Å². The molecule has 1 aromatic heterocycles. The van der Waals surface area contributed by atoms with Gasteiger partial charge in [0.25, 0.3) is 5.91 Å². The highest BCUT2D eigenvalue weighted by molar-refractivity contribution is 5.94. The zero-order valence-electron chi connectivity index (χ0n) is 17.8. The smallest absolute Gasteiger partial charge is 0.253 e. The van der Waals surface area contributed by atoms with Gasteiger partial charge in [-0.3, -0.25) is 9.48 Å². The van der Waals surface area contributed by atoms with E-state index in [0.717, 1.165) is 58.4 Å². The fourth-order valence-corrected chi connectivity index (χ4v) is 4.41. The number of hydrogen-bond acceptors (Lipinski definition) is 5. The maximum absolute atomic E-state index is 12.7. The molecule has 4 rings (SSSR count). The molecule has 30 heavy (non-hydrogen) atoms. The highest BCUT2D eigenvalue weighted by atomic mass is 16.3. The minimum Gasteiger partial charge on any atom is -0.391 e. The van der Waals surface area contributed by atoms with Gasteiger partial charge in [0.2, 0.25) is 0 Å². The highest BCUT2D eigenvalue weighted by Gasteiger charge is 2.24. The second-order valence-electron chi connectivity index (χ2n) is 8.44. The summed E-state index contributed by atoms with van der Waals surface area (Å²) in [6.07, 6.45) is 7.53. The minimum absolute atomic E-state index is 0.0228. The number of carbonyl (C=O) groups is 1. The number of carbonyl (C=O) groups excluding carboxylic acids is 1. The van der Waals surface area contributed by atoms with Gasteiger partial charge in [0.05, 0.1) is 12.3 Å². The minimum atomic E-state index is -0.389. The molecule has 7 nitrogen and oxygen atoms in total. The Hall–Kier alpha value is -2.38. The van der Waals surface area contributed by atoms with Gasteiger partial charge in [-0.05, 0) is 56.9 Å². The van der Waals surface area contributed by atoms with Crippen molar-refractivity contribution in [1.29, 1.82) is 0 Å². The van der Waals surface area contributed by atoms with Crippen molar-refractivity contribution >= 4 is 11.6 Å². The lowest BCUT2D eigenvalue weighted by Crippen LogP contribution is -2.42. The lowest BCUT2D eigenvalue weighted by molar-refractivity contribution is 0.0474. The standard InChI is InChI=1S/C23H33N5O2/c1-2-28-16-18(15-25-28)14-24-20-9-12-26(13-10-20)21-7-5-19(6-8-21)23(30)27-11-3-4-22(29)17-27/h5-8,15-16,20,22,24,29H,2-4,9-14,17H2,1H3/t22-/m0/s1. The van der Waals surface area contributed by atoms with Gasteiger partial charge in [-0.2, -0.15) is 5.10 Å². The van der Waals surface area contributed by atoms with Gasteiger partial charge >= 0.3 is 0 Å². The second kappa shape index (κ2) is 9.62. The third-order valence-electron chi connectivity index (χ3n) is 6.26. The number of rotatable bonds is 6. The number of aliphatic hydroxyl groups excluding tert-OH is 1. The number of nitrogens with one attached hydrogen (secondary N) is 1. The van der Waals surface area contributed by atoms with E-state index in [1.807, 2.05) is 23.0 Å². The molecular weight excluding hydrogens is 378 g/mol. The SMILES string of the molecule is CCn1cc(CNC2CCN(c3ccc(C(=O)N4CCC[C@H](O)C4)cc3)CC2)cn1. The maximum Gasteiger partial charge on any atom is 0.253 e. The molecule has 2 N–H and O–H groups in total. The van der Waals surface area contributed by atoms with Gasteiger partial charge in [0.1, 0.15) is 0 Å². The number of piperidine rings is 2. The average molecular weight is 412 g/mol. The summed E-state index contributed by atoms with van der Waals surface area (Å²) in [6.45, 7) is 7.07. The van der Waals surface area contributed by atoms with Gasteiger partial charge in [0.15, 0.2) is 0 Å². The van der Waals surface area contributed by atoms with Crippen molar-refractivity contribution in [3.8, 4) is 0 Å². The Morgan fingerprint density at radius 1 is 1.17 bits per heavy atom. The molecule has 0 radical (unpaired) electrons. The molecule has 0 saturated carbocycles. The van der Waals surface area contributed by atoms with Crippen LogP contribution >= 0.6 is 0 Å². The molecule has 1 atom stereocenters. The number of benzene rings is 1. The number of aliphatic hydroxyl groups is 1. The van der Waals surface area contributed by atoms with Crippen molar-refractivity contribution in [2.24, 2.45) is 0 Å². The molecule has 0 unspecified atom stereocenters.